The van der Waals surface area contributed by atoms with Crippen molar-refractivity contribution >= 4 is 20.0 Å². The van der Waals surface area contributed by atoms with E-state index < -0.39 is 30.8 Å². The lowest BCUT2D eigenvalue weighted by Crippen LogP contribution is -1.98. The van der Waals surface area contributed by atoms with E-state index in [1.807, 2.05) is 18.2 Å². The maximum Gasteiger partial charge on any atom is 0.310 e. The fourth-order valence-corrected chi connectivity index (χ4v) is 3.96. The number of sulfone groups is 1. The second kappa shape index (κ2) is 9.43. The van der Waals surface area contributed by atoms with Gasteiger partial charge in [-0.25, -0.2) is 12.8 Å². The number of aromatic amines is 1. The SMILES string of the molecule is CS(=O)(=O)c1ccc(-c2[nH]c(S(=O)(=O)O)cc2-c2ccc(F)cc2)cc1.c1ccncc1. The normalized spacial score (nSPS) is 11.5. The summed E-state index contributed by atoms with van der Waals surface area (Å²) in [6.07, 6.45) is 4.58. The summed E-state index contributed by atoms with van der Waals surface area (Å²) < 4.78 is 68.6. The molecule has 4 rings (SSSR count). The molecule has 2 heterocycles. The lowest BCUT2D eigenvalue weighted by atomic mass is 10.0. The van der Waals surface area contributed by atoms with Gasteiger partial charge in [-0.1, -0.05) is 30.3 Å². The molecule has 0 atom stereocenters. The van der Waals surface area contributed by atoms with Gasteiger partial charge in [0.2, 0.25) is 0 Å². The van der Waals surface area contributed by atoms with Crippen LogP contribution >= 0.6 is 0 Å². The summed E-state index contributed by atoms with van der Waals surface area (Å²) >= 11 is 0. The number of benzene rings is 2. The number of H-pyrrole nitrogens is 1. The monoisotopic (exact) mass is 474 g/mol. The van der Waals surface area contributed by atoms with Crippen LogP contribution < -0.4 is 0 Å². The van der Waals surface area contributed by atoms with E-state index in [9.17, 15) is 25.8 Å². The minimum atomic E-state index is -4.49. The number of pyridine rings is 1. The Bertz CT molecular complexity index is 1370. The zero-order valence-electron chi connectivity index (χ0n) is 16.8. The van der Waals surface area contributed by atoms with Crippen molar-refractivity contribution in [1.82, 2.24) is 9.97 Å². The molecule has 0 radical (unpaired) electrons. The molecule has 4 aromatic rings. The number of hydrogen-bond donors (Lipinski definition) is 2. The van der Waals surface area contributed by atoms with Gasteiger partial charge in [-0.2, -0.15) is 8.42 Å². The van der Waals surface area contributed by atoms with E-state index in [1.165, 1.54) is 54.6 Å². The average molecular weight is 475 g/mol. The minimum Gasteiger partial charge on any atom is -0.343 e. The Hall–Kier alpha value is -3.34. The lowest BCUT2D eigenvalue weighted by molar-refractivity contribution is 0.480. The van der Waals surface area contributed by atoms with Crippen molar-refractivity contribution in [3.63, 3.8) is 0 Å². The molecule has 2 N–H and O–H groups in total. The first-order chi connectivity index (χ1) is 15.1. The highest BCUT2D eigenvalue weighted by Gasteiger charge is 2.19. The fraction of sp³-hybridized carbons (Fsp3) is 0.0455. The van der Waals surface area contributed by atoms with Crippen molar-refractivity contribution < 1.29 is 25.8 Å². The second-order valence-electron chi connectivity index (χ2n) is 6.73. The Morgan fingerprint density at radius 2 is 1.41 bits per heavy atom. The van der Waals surface area contributed by atoms with Crippen LogP contribution in [0.2, 0.25) is 0 Å². The summed E-state index contributed by atoms with van der Waals surface area (Å²) in [6, 6.07) is 18.2. The van der Waals surface area contributed by atoms with E-state index in [1.54, 1.807) is 12.4 Å². The molecule has 0 aliphatic heterocycles. The molecule has 0 amide bonds. The van der Waals surface area contributed by atoms with Crippen molar-refractivity contribution in [2.45, 2.75) is 9.92 Å². The maximum atomic E-state index is 13.2. The molecule has 166 valence electrons. The third-order valence-corrected chi connectivity index (χ3v) is 6.27. The zero-order valence-corrected chi connectivity index (χ0v) is 18.4. The molecule has 0 aliphatic carbocycles. The molecular weight excluding hydrogens is 455 g/mol. The highest BCUT2D eigenvalue weighted by atomic mass is 32.2. The topological polar surface area (TPSA) is 117 Å². The van der Waals surface area contributed by atoms with Crippen LogP contribution in [0.25, 0.3) is 22.4 Å². The van der Waals surface area contributed by atoms with Crippen LogP contribution in [0.4, 0.5) is 4.39 Å². The maximum absolute atomic E-state index is 13.2. The van der Waals surface area contributed by atoms with E-state index in [-0.39, 0.29) is 4.90 Å². The number of halogens is 1. The van der Waals surface area contributed by atoms with E-state index in [4.69, 9.17) is 0 Å². The minimum absolute atomic E-state index is 0.117. The molecule has 0 bridgehead atoms. The molecule has 0 spiro atoms. The molecule has 2 aromatic heterocycles. The van der Waals surface area contributed by atoms with Gasteiger partial charge in [0.1, 0.15) is 5.82 Å². The summed E-state index contributed by atoms with van der Waals surface area (Å²) in [5.41, 5.74) is 1.81. The first kappa shape index (κ1) is 23.3. The first-order valence-electron chi connectivity index (χ1n) is 9.17. The van der Waals surface area contributed by atoms with Crippen LogP contribution in [0.3, 0.4) is 0 Å². The van der Waals surface area contributed by atoms with Gasteiger partial charge in [0.25, 0.3) is 0 Å². The summed E-state index contributed by atoms with van der Waals surface area (Å²) in [4.78, 5) is 6.53. The molecule has 0 unspecified atom stereocenters. The third-order valence-electron chi connectivity index (χ3n) is 4.36. The molecule has 2 aromatic carbocycles. The number of nitrogens with one attached hydrogen (secondary N) is 1. The Morgan fingerprint density at radius 3 is 1.84 bits per heavy atom. The standard InChI is InChI=1S/C17H14FNO5S2.C5H5N/c1-25(20,21)14-8-4-12(5-9-14)17-15(10-16(19-17)26(22,23)24)11-2-6-13(18)7-3-11;1-2-4-6-5-3-1/h2-10,19H,1H3,(H,22,23,24);1-5H. The van der Waals surface area contributed by atoms with Gasteiger partial charge in [0.15, 0.2) is 14.9 Å². The number of nitrogens with zero attached hydrogens (tertiary/aromatic N) is 1. The van der Waals surface area contributed by atoms with Crippen molar-refractivity contribution in [2.75, 3.05) is 6.26 Å². The molecule has 10 heteroatoms. The van der Waals surface area contributed by atoms with E-state index in [2.05, 4.69) is 9.97 Å². The highest BCUT2D eigenvalue weighted by molar-refractivity contribution is 7.90. The van der Waals surface area contributed by atoms with Gasteiger partial charge in [-0.05, 0) is 53.6 Å². The van der Waals surface area contributed by atoms with Crippen LogP contribution in [-0.2, 0) is 20.0 Å². The highest BCUT2D eigenvalue weighted by Crippen LogP contribution is 2.34. The predicted octanol–water partition coefficient (Wildman–Crippen LogP) is 4.22. The van der Waals surface area contributed by atoms with Crippen LogP contribution in [-0.4, -0.2) is 37.6 Å². The van der Waals surface area contributed by atoms with E-state index in [0.29, 0.717) is 22.4 Å². The largest absolute Gasteiger partial charge is 0.343 e. The van der Waals surface area contributed by atoms with Crippen molar-refractivity contribution in [1.29, 1.82) is 0 Å². The van der Waals surface area contributed by atoms with Crippen molar-refractivity contribution in [2.24, 2.45) is 0 Å². The molecule has 0 aliphatic rings. The van der Waals surface area contributed by atoms with E-state index >= 15 is 0 Å². The first-order valence-corrected chi connectivity index (χ1v) is 12.5. The lowest BCUT2D eigenvalue weighted by Gasteiger charge is -2.06. The number of hydrogen-bond acceptors (Lipinski definition) is 5. The van der Waals surface area contributed by atoms with E-state index in [0.717, 1.165) is 6.26 Å². The van der Waals surface area contributed by atoms with Gasteiger partial charge >= 0.3 is 10.1 Å². The Morgan fingerprint density at radius 1 is 0.844 bits per heavy atom. The zero-order chi connectivity index (χ0) is 23.4. The summed E-state index contributed by atoms with van der Waals surface area (Å²) in [5, 5.41) is -0.418. The number of aromatic nitrogens is 2. The van der Waals surface area contributed by atoms with Crippen molar-refractivity contribution in [3.8, 4) is 22.4 Å². The van der Waals surface area contributed by atoms with Crippen LogP contribution in [0.5, 0.6) is 0 Å². The molecule has 0 fully saturated rings. The second-order valence-corrected chi connectivity index (χ2v) is 10.1. The molecule has 32 heavy (non-hydrogen) atoms. The van der Waals surface area contributed by atoms with Crippen LogP contribution in [0.1, 0.15) is 0 Å². The predicted molar refractivity (Wildman–Crippen MR) is 119 cm³/mol. The Labute approximate surface area is 185 Å². The van der Waals surface area contributed by atoms with Crippen LogP contribution in [0, 0.1) is 5.82 Å². The van der Waals surface area contributed by atoms with Gasteiger partial charge in [0.05, 0.1) is 10.6 Å². The van der Waals surface area contributed by atoms with Gasteiger partial charge in [0, 0.05) is 24.2 Å². The summed E-state index contributed by atoms with van der Waals surface area (Å²) in [5.74, 6) is -0.446. The Balaban J connectivity index is 0.000000416. The molecular formula is C22H19FN2O5S2. The van der Waals surface area contributed by atoms with Gasteiger partial charge < -0.3 is 4.98 Å². The third kappa shape index (κ3) is 5.88. The molecule has 7 nitrogen and oxygen atoms in total. The fourth-order valence-electron chi connectivity index (χ4n) is 2.84. The average Bonchev–Trinajstić information content (AvgIpc) is 3.22. The van der Waals surface area contributed by atoms with Gasteiger partial charge in [-0.3, -0.25) is 9.54 Å². The Kier molecular flexibility index (Phi) is 6.87. The molecule has 0 saturated heterocycles. The molecule has 0 saturated carbocycles. The summed E-state index contributed by atoms with van der Waals surface area (Å²) in [7, 11) is -7.86. The smallest absolute Gasteiger partial charge is 0.310 e. The quantitative estimate of drug-likeness (QED) is 0.428. The number of rotatable bonds is 4. The van der Waals surface area contributed by atoms with Gasteiger partial charge in [-0.15, -0.1) is 0 Å². The van der Waals surface area contributed by atoms with Crippen LogP contribution in [0.15, 0.2) is 95.1 Å². The van der Waals surface area contributed by atoms with Crippen molar-refractivity contribution in [3.05, 3.63) is 91.0 Å². The summed E-state index contributed by atoms with van der Waals surface area (Å²) in [6.45, 7) is 0.